The van der Waals surface area contributed by atoms with Crippen molar-refractivity contribution >= 4 is 21.7 Å². The van der Waals surface area contributed by atoms with E-state index < -0.39 is 11.2 Å². The van der Waals surface area contributed by atoms with Crippen LogP contribution in [-0.2, 0) is 0 Å². The Bertz CT molecular complexity index is 1050. The Balaban J connectivity index is 1.89. The highest BCUT2D eigenvalue weighted by Gasteiger charge is 2.32. The van der Waals surface area contributed by atoms with Gasteiger partial charge in [0.1, 0.15) is 16.9 Å². The summed E-state index contributed by atoms with van der Waals surface area (Å²) in [6, 6.07) is 10.0. The van der Waals surface area contributed by atoms with Crippen molar-refractivity contribution in [2.45, 2.75) is 24.9 Å². The molecule has 1 aliphatic rings. The number of benzene rings is 2. The van der Waals surface area contributed by atoms with Crippen molar-refractivity contribution in [2.75, 3.05) is 0 Å². The highest BCUT2D eigenvalue weighted by atomic mass is 16.4. The Kier molecular flexibility index (Phi) is 2.93. The molecule has 4 heteroatoms. The van der Waals surface area contributed by atoms with Gasteiger partial charge in [0.15, 0.2) is 0 Å². The zero-order valence-electron chi connectivity index (χ0n) is 12.3. The molecule has 0 unspecified atom stereocenters. The van der Waals surface area contributed by atoms with E-state index in [-0.39, 0.29) is 5.75 Å². The summed E-state index contributed by atoms with van der Waals surface area (Å²) in [5.41, 5.74) is -0.321. The van der Waals surface area contributed by atoms with Crippen LogP contribution in [0.3, 0.4) is 0 Å². The second kappa shape index (κ2) is 4.87. The number of fused-ring (bicyclic) bond motifs is 3. The van der Waals surface area contributed by atoms with Crippen molar-refractivity contribution in [3.8, 4) is 17.6 Å². The van der Waals surface area contributed by atoms with Gasteiger partial charge < -0.3 is 14.6 Å². The quantitative estimate of drug-likeness (QED) is 0.380. The molecule has 0 bridgehead atoms. The lowest BCUT2D eigenvalue weighted by atomic mass is 9.81. The van der Waals surface area contributed by atoms with Crippen LogP contribution in [0, 0.1) is 11.8 Å². The van der Waals surface area contributed by atoms with Crippen LogP contribution in [0.2, 0.25) is 0 Å². The van der Waals surface area contributed by atoms with Crippen LogP contribution in [0.15, 0.2) is 45.6 Å². The zero-order chi connectivity index (χ0) is 16.0. The average molecular weight is 306 g/mol. The third-order valence-corrected chi connectivity index (χ3v) is 4.32. The Hall–Kier alpha value is -2.77. The first kappa shape index (κ1) is 13.9. The highest BCUT2D eigenvalue weighted by molar-refractivity contribution is 6.04. The van der Waals surface area contributed by atoms with Gasteiger partial charge in [-0.2, -0.15) is 0 Å². The molecule has 4 rings (SSSR count). The van der Waals surface area contributed by atoms with Crippen LogP contribution < -0.4 is 5.63 Å². The van der Waals surface area contributed by atoms with E-state index in [0.29, 0.717) is 29.4 Å². The van der Waals surface area contributed by atoms with Gasteiger partial charge in [0.25, 0.3) is 0 Å². The lowest BCUT2D eigenvalue weighted by molar-refractivity contribution is 0.0240. The van der Waals surface area contributed by atoms with E-state index in [9.17, 15) is 15.0 Å². The maximum atomic E-state index is 12.2. The lowest BCUT2D eigenvalue weighted by Crippen LogP contribution is -2.34. The first-order chi connectivity index (χ1) is 11.0. The molecule has 23 heavy (non-hydrogen) atoms. The van der Waals surface area contributed by atoms with E-state index >= 15 is 0 Å². The molecule has 2 N–H and O–H groups in total. The lowest BCUT2D eigenvalue weighted by Gasteiger charge is -2.30. The molecule has 1 heterocycles. The van der Waals surface area contributed by atoms with Crippen molar-refractivity contribution in [3.63, 3.8) is 0 Å². The first-order valence-electron chi connectivity index (χ1n) is 7.49. The number of phenols is 1. The maximum Gasteiger partial charge on any atom is 0.344 e. The summed E-state index contributed by atoms with van der Waals surface area (Å²) in [4.78, 5) is 12.2. The smallest absolute Gasteiger partial charge is 0.344 e. The van der Waals surface area contributed by atoms with Crippen LogP contribution in [0.4, 0.5) is 0 Å². The van der Waals surface area contributed by atoms with Crippen LogP contribution >= 0.6 is 0 Å². The van der Waals surface area contributed by atoms with Gasteiger partial charge in [-0.05, 0) is 43.5 Å². The molecule has 1 saturated carbocycles. The molecular formula is C19H14O4. The summed E-state index contributed by atoms with van der Waals surface area (Å²) in [6.45, 7) is 0. The summed E-state index contributed by atoms with van der Waals surface area (Å²) < 4.78 is 5.28. The Morgan fingerprint density at radius 1 is 1.04 bits per heavy atom. The molecule has 0 spiro atoms. The monoisotopic (exact) mass is 306 g/mol. The van der Waals surface area contributed by atoms with Crippen LogP contribution in [-0.4, -0.2) is 15.8 Å². The number of rotatable bonds is 0. The predicted molar refractivity (Wildman–Crippen MR) is 87.3 cm³/mol. The van der Waals surface area contributed by atoms with Gasteiger partial charge in [-0.3, -0.25) is 0 Å². The zero-order valence-corrected chi connectivity index (χ0v) is 12.3. The fraction of sp³-hybridized carbons (Fsp3) is 0.211. The molecule has 0 radical (unpaired) electrons. The molecule has 0 saturated heterocycles. The fourth-order valence-corrected chi connectivity index (χ4v) is 2.82. The molecule has 114 valence electrons. The largest absolute Gasteiger partial charge is 0.508 e. The van der Waals surface area contributed by atoms with E-state index in [2.05, 4.69) is 11.8 Å². The first-order valence-corrected chi connectivity index (χ1v) is 7.49. The van der Waals surface area contributed by atoms with E-state index in [1.54, 1.807) is 18.2 Å². The van der Waals surface area contributed by atoms with Gasteiger partial charge in [-0.15, -0.1) is 0 Å². The maximum absolute atomic E-state index is 12.2. The van der Waals surface area contributed by atoms with E-state index in [1.165, 1.54) is 6.07 Å². The van der Waals surface area contributed by atoms with Gasteiger partial charge in [0.05, 0.1) is 5.39 Å². The van der Waals surface area contributed by atoms with Crippen LogP contribution in [0.25, 0.3) is 21.7 Å². The second-order valence-electron chi connectivity index (χ2n) is 5.97. The number of aliphatic hydroxyl groups is 1. The summed E-state index contributed by atoms with van der Waals surface area (Å²) in [5.74, 6) is 5.88. The van der Waals surface area contributed by atoms with Gasteiger partial charge >= 0.3 is 5.63 Å². The summed E-state index contributed by atoms with van der Waals surface area (Å²) >= 11 is 0. The molecule has 0 aliphatic heterocycles. The average Bonchev–Trinajstić information content (AvgIpc) is 2.51. The normalized spacial score (nSPS) is 15.9. The molecular weight excluding hydrogens is 292 g/mol. The number of hydrogen-bond acceptors (Lipinski definition) is 4. The number of hydrogen-bond donors (Lipinski definition) is 2. The van der Waals surface area contributed by atoms with Crippen molar-refractivity contribution in [1.82, 2.24) is 0 Å². The molecule has 0 atom stereocenters. The molecule has 3 aromatic rings. The Labute approximate surface area is 132 Å². The van der Waals surface area contributed by atoms with Crippen molar-refractivity contribution in [2.24, 2.45) is 0 Å². The minimum atomic E-state index is -0.874. The minimum absolute atomic E-state index is 0.0521. The van der Waals surface area contributed by atoms with Crippen molar-refractivity contribution in [1.29, 1.82) is 0 Å². The molecule has 0 amide bonds. The van der Waals surface area contributed by atoms with Crippen LogP contribution in [0.1, 0.15) is 24.8 Å². The van der Waals surface area contributed by atoms with E-state index in [4.69, 9.17) is 4.42 Å². The molecule has 2 aromatic carbocycles. The fourth-order valence-electron chi connectivity index (χ4n) is 2.82. The number of aromatic hydroxyl groups is 1. The van der Waals surface area contributed by atoms with Gasteiger partial charge in [-0.1, -0.05) is 17.9 Å². The van der Waals surface area contributed by atoms with Gasteiger partial charge in [0.2, 0.25) is 0 Å². The topological polar surface area (TPSA) is 70.7 Å². The summed E-state index contributed by atoms with van der Waals surface area (Å²) in [5, 5.41) is 21.5. The third kappa shape index (κ3) is 2.36. The van der Waals surface area contributed by atoms with Gasteiger partial charge in [-0.25, -0.2) is 4.79 Å². The van der Waals surface area contributed by atoms with E-state index in [0.717, 1.165) is 17.2 Å². The summed E-state index contributed by atoms with van der Waals surface area (Å²) in [6.07, 6.45) is 2.39. The van der Waals surface area contributed by atoms with Crippen molar-refractivity contribution < 1.29 is 14.6 Å². The van der Waals surface area contributed by atoms with Gasteiger partial charge in [0, 0.05) is 22.4 Å². The predicted octanol–water partition coefficient (Wildman–Crippen LogP) is 2.92. The number of phenolic OH excluding ortho intramolecular Hbond substituents is 1. The molecule has 1 fully saturated rings. The van der Waals surface area contributed by atoms with Crippen LogP contribution in [0.5, 0.6) is 5.75 Å². The third-order valence-electron chi connectivity index (χ3n) is 4.32. The highest BCUT2D eigenvalue weighted by Crippen LogP contribution is 2.31. The Morgan fingerprint density at radius 2 is 1.83 bits per heavy atom. The summed E-state index contributed by atoms with van der Waals surface area (Å²) in [7, 11) is 0. The molecule has 1 aliphatic carbocycles. The minimum Gasteiger partial charge on any atom is -0.508 e. The second-order valence-corrected chi connectivity index (χ2v) is 5.97. The van der Waals surface area contributed by atoms with Crippen molar-refractivity contribution in [3.05, 3.63) is 52.4 Å². The Morgan fingerprint density at radius 3 is 2.57 bits per heavy atom. The molecule has 4 nitrogen and oxygen atoms in total. The SMILES string of the molecule is O=c1oc2cc(O)ccc2c2ccc(C#CC3(O)CCC3)cc12. The molecule has 1 aromatic heterocycles. The standard InChI is InChI=1S/C19H14O4/c20-13-3-5-15-14-4-2-12(6-9-19(22)7-1-8-19)10-16(14)18(21)23-17(15)11-13/h2-5,10-11,20,22H,1,7-8H2. The van der Waals surface area contributed by atoms with E-state index in [1.807, 2.05) is 12.1 Å².